The van der Waals surface area contributed by atoms with Gasteiger partial charge in [0.1, 0.15) is 6.61 Å². The summed E-state index contributed by atoms with van der Waals surface area (Å²) in [7, 11) is -1.68. The molecule has 0 bridgehead atoms. The van der Waals surface area contributed by atoms with Crippen molar-refractivity contribution in [3.05, 3.63) is 0 Å². The van der Waals surface area contributed by atoms with Crippen molar-refractivity contribution in [1.82, 2.24) is 9.21 Å². The molecule has 2 saturated heterocycles. The fourth-order valence-corrected chi connectivity index (χ4v) is 4.69. The Hall–Kier alpha value is -0.700. The van der Waals surface area contributed by atoms with E-state index in [1.54, 1.807) is 4.90 Å². The van der Waals surface area contributed by atoms with Gasteiger partial charge in [0, 0.05) is 26.7 Å². The standard InChI is InChI=1S/C14H26N2O5S/c1-13(11-17)9-14(10-16(13)12(18)8-21-2)4-6-15(7-5-14)22(3,19)20/h17H,4-11H2,1-3H3. The molecule has 2 fully saturated rings. The molecular weight excluding hydrogens is 308 g/mol. The molecule has 0 radical (unpaired) electrons. The van der Waals surface area contributed by atoms with Gasteiger partial charge in [0.2, 0.25) is 15.9 Å². The Balaban J connectivity index is 2.13. The molecule has 0 aliphatic carbocycles. The number of carbonyl (C=O) groups is 1. The van der Waals surface area contributed by atoms with E-state index >= 15 is 0 Å². The predicted molar refractivity (Wildman–Crippen MR) is 81.8 cm³/mol. The molecule has 2 aliphatic rings. The van der Waals surface area contributed by atoms with Crippen molar-refractivity contribution in [1.29, 1.82) is 0 Å². The second kappa shape index (κ2) is 6.07. The van der Waals surface area contributed by atoms with Crippen molar-refractivity contribution in [2.24, 2.45) is 5.41 Å². The number of aliphatic hydroxyl groups is 1. The van der Waals surface area contributed by atoms with Crippen LogP contribution in [-0.2, 0) is 19.6 Å². The van der Waals surface area contributed by atoms with Crippen LogP contribution in [0, 0.1) is 5.41 Å². The number of ether oxygens (including phenoxy) is 1. The molecule has 1 spiro atoms. The summed E-state index contributed by atoms with van der Waals surface area (Å²) in [6.07, 6.45) is 3.36. The van der Waals surface area contributed by atoms with Crippen molar-refractivity contribution in [3.8, 4) is 0 Å². The first-order chi connectivity index (χ1) is 10.2. The van der Waals surface area contributed by atoms with Gasteiger partial charge < -0.3 is 14.7 Å². The molecule has 7 nitrogen and oxygen atoms in total. The zero-order valence-corrected chi connectivity index (χ0v) is 14.4. The minimum Gasteiger partial charge on any atom is -0.394 e. The maximum Gasteiger partial charge on any atom is 0.249 e. The van der Waals surface area contributed by atoms with Crippen LogP contribution in [-0.4, -0.2) is 80.4 Å². The van der Waals surface area contributed by atoms with E-state index in [0.717, 1.165) is 0 Å². The lowest BCUT2D eigenvalue weighted by atomic mass is 9.75. The van der Waals surface area contributed by atoms with E-state index in [9.17, 15) is 18.3 Å². The highest BCUT2D eigenvalue weighted by molar-refractivity contribution is 7.88. The average molecular weight is 334 g/mol. The van der Waals surface area contributed by atoms with Gasteiger partial charge in [0.15, 0.2) is 0 Å². The van der Waals surface area contributed by atoms with E-state index in [2.05, 4.69) is 0 Å². The van der Waals surface area contributed by atoms with Crippen LogP contribution < -0.4 is 0 Å². The van der Waals surface area contributed by atoms with Crippen LogP contribution >= 0.6 is 0 Å². The fourth-order valence-electron chi connectivity index (χ4n) is 3.84. The number of sulfonamides is 1. The van der Waals surface area contributed by atoms with Gasteiger partial charge in [-0.1, -0.05) is 0 Å². The van der Waals surface area contributed by atoms with E-state index in [1.165, 1.54) is 17.7 Å². The molecule has 1 atom stereocenters. The van der Waals surface area contributed by atoms with Gasteiger partial charge in [-0.3, -0.25) is 4.79 Å². The normalized spacial score (nSPS) is 29.2. The summed E-state index contributed by atoms with van der Waals surface area (Å²) in [6.45, 7) is 3.31. The predicted octanol–water partition coefficient (Wildman–Crippen LogP) is -0.342. The second-order valence-corrected chi connectivity index (χ2v) is 8.89. The highest BCUT2D eigenvalue weighted by atomic mass is 32.2. The first-order valence-electron chi connectivity index (χ1n) is 7.51. The van der Waals surface area contributed by atoms with E-state index in [0.29, 0.717) is 38.9 Å². The number of piperidine rings is 1. The number of likely N-dealkylation sites (tertiary alicyclic amines) is 1. The van der Waals surface area contributed by atoms with Crippen LogP contribution in [0.4, 0.5) is 0 Å². The molecule has 1 amide bonds. The Bertz CT molecular complexity index is 527. The van der Waals surface area contributed by atoms with Crippen LogP contribution in [0.25, 0.3) is 0 Å². The zero-order chi connectivity index (χ0) is 16.6. The molecule has 2 aliphatic heterocycles. The number of amides is 1. The molecule has 1 unspecified atom stereocenters. The van der Waals surface area contributed by atoms with E-state index in [1.807, 2.05) is 6.92 Å². The SMILES string of the molecule is COCC(=O)N1CC2(CCN(S(C)(=O)=O)CC2)CC1(C)CO. The Morgan fingerprint density at radius 1 is 1.32 bits per heavy atom. The van der Waals surface area contributed by atoms with E-state index in [4.69, 9.17) is 4.74 Å². The fraction of sp³-hybridized carbons (Fsp3) is 0.929. The number of nitrogens with zero attached hydrogens (tertiary/aromatic N) is 2. The van der Waals surface area contributed by atoms with Crippen molar-refractivity contribution < 1.29 is 23.1 Å². The van der Waals surface area contributed by atoms with Crippen LogP contribution in [0.5, 0.6) is 0 Å². The van der Waals surface area contributed by atoms with Crippen molar-refractivity contribution in [2.45, 2.75) is 31.7 Å². The van der Waals surface area contributed by atoms with E-state index < -0.39 is 15.6 Å². The number of methoxy groups -OCH3 is 1. The number of aliphatic hydroxyl groups excluding tert-OH is 1. The molecule has 8 heteroatoms. The van der Waals surface area contributed by atoms with Gasteiger partial charge >= 0.3 is 0 Å². The Morgan fingerprint density at radius 3 is 2.36 bits per heavy atom. The lowest BCUT2D eigenvalue weighted by Crippen LogP contribution is -2.49. The largest absolute Gasteiger partial charge is 0.394 e. The molecule has 1 N–H and O–H groups in total. The average Bonchev–Trinajstić information content (AvgIpc) is 2.72. The van der Waals surface area contributed by atoms with Gasteiger partial charge in [-0.05, 0) is 31.6 Å². The monoisotopic (exact) mass is 334 g/mol. The van der Waals surface area contributed by atoms with Crippen LogP contribution in [0.1, 0.15) is 26.2 Å². The highest BCUT2D eigenvalue weighted by Crippen LogP contribution is 2.48. The van der Waals surface area contributed by atoms with Crippen molar-refractivity contribution >= 4 is 15.9 Å². The van der Waals surface area contributed by atoms with Gasteiger partial charge in [0.05, 0.1) is 18.4 Å². The van der Waals surface area contributed by atoms with Crippen molar-refractivity contribution in [2.75, 3.05) is 46.2 Å². The van der Waals surface area contributed by atoms with Gasteiger partial charge in [-0.15, -0.1) is 0 Å². The van der Waals surface area contributed by atoms with Gasteiger partial charge in [-0.2, -0.15) is 0 Å². The molecule has 0 saturated carbocycles. The molecular formula is C14H26N2O5S. The molecule has 2 heterocycles. The second-order valence-electron chi connectivity index (χ2n) is 6.91. The number of hydrogen-bond donors (Lipinski definition) is 1. The first kappa shape index (κ1) is 17.7. The Morgan fingerprint density at radius 2 is 1.91 bits per heavy atom. The summed E-state index contributed by atoms with van der Waals surface area (Å²) in [5, 5.41) is 9.77. The third-order valence-electron chi connectivity index (χ3n) is 5.06. The minimum absolute atomic E-state index is 0.00113. The Labute approximate surface area is 132 Å². The maximum atomic E-state index is 12.3. The van der Waals surface area contributed by atoms with E-state index in [-0.39, 0.29) is 24.5 Å². The molecule has 128 valence electrons. The first-order valence-corrected chi connectivity index (χ1v) is 9.36. The highest BCUT2D eigenvalue weighted by Gasteiger charge is 2.53. The summed E-state index contributed by atoms with van der Waals surface area (Å²) in [5.41, 5.74) is -0.703. The number of carbonyl (C=O) groups excluding carboxylic acids is 1. The van der Waals surface area contributed by atoms with Gasteiger partial charge in [-0.25, -0.2) is 12.7 Å². The maximum absolute atomic E-state index is 12.3. The minimum atomic E-state index is -3.16. The molecule has 22 heavy (non-hydrogen) atoms. The molecule has 0 aromatic rings. The lowest BCUT2D eigenvalue weighted by Gasteiger charge is -2.38. The summed E-state index contributed by atoms with van der Waals surface area (Å²) in [6, 6.07) is 0. The smallest absolute Gasteiger partial charge is 0.249 e. The molecule has 2 rings (SSSR count). The third kappa shape index (κ3) is 3.29. The quantitative estimate of drug-likeness (QED) is 0.760. The molecule has 0 aromatic heterocycles. The summed E-state index contributed by atoms with van der Waals surface area (Å²) < 4.78 is 29.7. The third-order valence-corrected chi connectivity index (χ3v) is 6.37. The van der Waals surface area contributed by atoms with Gasteiger partial charge in [0.25, 0.3) is 0 Å². The number of rotatable bonds is 4. The Kier molecular flexibility index (Phi) is 4.87. The van der Waals surface area contributed by atoms with Crippen LogP contribution in [0.2, 0.25) is 0 Å². The summed E-state index contributed by atoms with van der Waals surface area (Å²) in [4.78, 5) is 14.0. The molecule has 0 aromatic carbocycles. The van der Waals surface area contributed by atoms with Crippen LogP contribution in [0.3, 0.4) is 0 Å². The number of hydrogen-bond acceptors (Lipinski definition) is 5. The lowest BCUT2D eigenvalue weighted by molar-refractivity contribution is -0.140. The summed E-state index contributed by atoms with van der Waals surface area (Å²) in [5.74, 6) is -0.124. The zero-order valence-electron chi connectivity index (χ0n) is 13.5. The van der Waals surface area contributed by atoms with Crippen LogP contribution in [0.15, 0.2) is 0 Å². The summed E-state index contributed by atoms with van der Waals surface area (Å²) >= 11 is 0. The van der Waals surface area contributed by atoms with Crippen molar-refractivity contribution in [3.63, 3.8) is 0 Å². The topological polar surface area (TPSA) is 87.2 Å².